The van der Waals surface area contributed by atoms with Crippen LogP contribution in [0.3, 0.4) is 0 Å². The fourth-order valence-corrected chi connectivity index (χ4v) is 1.35. The third-order valence-electron chi connectivity index (χ3n) is 2.11. The largest absolute Gasteiger partial charge is 0.505 e. The Kier molecular flexibility index (Phi) is 4.37. The van der Waals surface area contributed by atoms with Crippen LogP contribution in [0.5, 0.6) is 11.5 Å². The van der Waals surface area contributed by atoms with Gasteiger partial charge in [-0.05, 0) is 26.8 Å². The molecule has 0 aromatic heterocycles. The van der Waals surface area contributed by atoms with E-state index in [1.807, 2.05) is 0 Å². The Morgan fingerprint density at radius 1 is 1.37 bits per heavy atom. The van der Waals surface area contributed by atoms with Gasteiger partial charge in [-0.2, -0.15) is 0 Å². The second-order valence-electron chi connectivity index (χ2n) is 4.86. The van der Waals surface area contributed by atoms with Crippen molar-refractivity contribution in [2.24, 2.45) is 0 Å². The van der Waals surface area contributed by atoms with E-state index < -0.39 is 11.7 Å². The van der Waals surface area contributed by atoms with E-state index >= 15 is 0 Å². The van der Waals surface area contributed by atoms with Gasteiger partial charge in [0.05, 0.1) is 18.4 Å². The average Bonchev–Trinajstić information content (AvgIpc) is 2.29. The van der Waals surface area contributed by atoms with Crippen molar-refractivity contribution in [1.29, 1.82) is 0 Å². The number of aldehydes is 1. The number of benzene rings is 1. The quantitative estimate of drug-likeness (QED) is 0.649. The van der Waals surface area contributed by atoms with Gasteiger partial charge in [0.2, 0.25) is 0 Å². The van der Waals surface area contributed by atoms with Gasteiger partial charge in [-0.1, -0.05) is 0 Å². The summed E-state index contributed by atoms with van der Waals surface area (Å²) in [6.07, 6.45) is -0.258. The van der Waals surface area contributed by atoms with Crippen molar-refractivity contribution in [3.8, 4) is 11.5 Å². The minimum absolute atomic E-state index is 0.0189. The Labute approximate surface area is 111 Å². The maximum absolute atomic E-state index is 11.6. The van der Waals surface area contributed by atoms with Gasteiger partial charge in [0.15, 0.2) is 6.29 Å². The van der Waals surface area contributed by atoms with E-state index in [2.05, 4.69) is 5.32 Å². The molecule has 0 aliphatic heterocycles. The number of carbonyl (C=O) groups is 2. The van der Waals surface area contributed by atoms with Crippen molar-refractivity contribution in [2.75, 3.05) is 12.4 Å². The van der Waals surface area contributed by atoms with E-state index in [1.165, 1.54) is 19.2 Å². The van der Waals surface area contributed by atoms with Crippen LogP contribution in [0.25, 0.3) is 0 Å². The predicted molar refractivity (Wildman–Crippen MR) is 69.9 cm³/mol. The number of anilines is 1. The molecule has 0 radical (unpaired) electrons. The molecule has 6 nitrogen and oxygen atoms in total. The number of amides is 1. The third kappa shape index (κ3) is 4.17. The van der Waals surface area contributed by atoms with Crippen LogP contribution in [-0.2, 0) is 4.74 Å². The molecule has 0 fully saturated rings. The molecule has 19 heavy (non-hydrogen) atoms. The Balaban J connectivity index is 3.00. The zero-order valence-electron chi connectivity index (χ0n) is 11.3. The summed E-state index contributed by atoms with van der Waals surface area (Å²) in [5.74, 6) is 0.00705. The van der Waals surface area contributed by atoms with Crippen LogP contribution < -0.4 is 10.1 Å². The first-order valence-corrected chi connectivity index (χ1v) is 5.63. The van der Waals surface area contributed by atoms with E-state index in [1.54, 1.807) is 20.8 Å². The normalized spacial score (nSPS) is 10.7. The fraction of sp³-hybridized carbons (Fsp3) is 0.385. The van der Waals surface area contributed by atoms with Gasteiger partial charge in [0, 0.05) is 6.07 Å². The molecule has 6 heteroatoms. The fourth-order valence-electron chi connectivity index (χ4n) is 1.35. The van der Waals surface area contributed by atoms with Crippen LogP contribution in [-0.4, -0.2) is 30.2 Å². The number of ether oxygens (including phenoxy) is 2. The first-order valence-electron chi connectivity index (χ1n) is 5.63. The summed E-state index contributed by atoms with van der Waals surface area (Å²) in [5.41, 5.74) is -0.590. The zero-order chi connectivity index (χ0) is 14.6. The number of hydrogen-bond acceptors (Lipinski definition) is 5. The number of phenols is 1. The predicted octanol–water partition coefficient (Wildman–Crippen LogP) is 2.56. The lowest BCUT2D eigenvalue weighted by molar-refractivity contribution is 0.0635. The smallest absolute Gasteiger partial charge is 0.412 e. The number of nitrogens with one attached hydrogen (secondary N) is 1. The summed E-state index contributed by atoms with van der Waals surface area (Å²) >= 11 is 0. The number of carbonyl (C=O) groups excluding carboxylic acids is 2. The number of rotatable bonds is 3. The minimum atomic E-state index is -0.729. The highest BCUT2D eigenvalue weighted by Gasteiger charge is 2.18. The maximum atomic E-state index is 11.6. The van der Waals surface area contributed by atoms with Crippen LogP contribution in [0.1, 0.15) is 31.1 Å². The summed E-state index contributed by atoms with van der Waals surface area (Å²) < 4.78 is 10.0. The molecule has 0 bridgehead atoms. The third-order valence-corrected chi connectivity index (χ3v) is 2.11. The summed E-state index contributed by atoms with van der Waals surface area (Å²) in [6, 6.07) is 2.76. The van der Waals surface area contributed by atoms with Crippen LogP contribution in [0, 0.1) is 0 Å². The molecule has 0 saturated heterocycles. The molecular weight excluding hydrogens is 250 g/mol. The highest BCUT2D eigenvalue weighted by atomic mass is 16.6. The molecule has 104 valence electrons. The maximum Gasteiger partial charge on any atom is 0.412 e. The van der Waals surface area contributed by atoms with Crippen LogP contribution in [0.15, 0.2) is 12.1 Å². The van der Waals surface area contributed by atoms with Crippen molar-refractivity contribution in [2.45, 2.75) is 26.4 Å². The van der Waals surface area contributed by atoms with Gasteiger partial charge in [-0.25, -0.2) is 4.79 Å². The molecule has 0 unspecified atom stereocenters. The SMILES string of the molecule is COc1cc(C=O)c(O)c(NC(=O)OC(C)(C)C)c1. The molecule has 0 spiro atoms. The Morgan fingerprint density at radius 2 is 2.00 bits per heavy atom. The lowest BCUT2D eigenvalue weighted by Gasteiger charge is -2.20. The second-order valence-corrected chi connectivity index (χ2v) is 4.86. The van der Waals surface area contributed by atoms with Crippen molar-refractivity contribution in [3.63, 3.8) is 0 Å². The molecule has 0 aliphatic rings. The van der Waals surface area contributed by atoms with Gasteiger partial charge in [0.25, 0.3) is 0 Å². The van der Waals surface area contributed by atoms with Gasteiger partial charge in [0.1, 0.15) is 17.1 Å². The summed E-state index contributed by atoms with van der Waals surface area (Å²) in [6.45, 7) is 5.15. The topological polar surface area (TPSA) is 84.9 Å². The van der Waals surface area contributed by atoms with E-state index in [4.69, 9.17) is 9.47 Å². The Morgan fingerprint density at radius 3 is 2.47 bits per heavy atom. The van der Waals surface area contributed by atoms with Gasteiger partial charge in [-0.15, -0.1) is 0 Å². The molecule has 1 amide bonds. The molecule has 1 aromatic carbocycles. The summed E-state index contributed by atoms with van der Waals surface area (Å²) in [5, 5.41) is 12.2. The zero-order valence-corrected chi connectivity index (χ0v) is 11.3. The van der Waals surface area contributed by atoms with Crippen LogP contribution >= 0.6 is 0 Å². The van der Waals surface area contributed by atoms with Gasteiger partial charge >= 0.3 is 6.09 Å². The number of phenolic OH excluding ortho intramolecular Hbond substituents is 1. The first-order chi connectivity index (χ1) is 8.76. The number of hydrogen-bond donors (Lipinski definition) is 2. The molecule has 0 aliphatic carbocycles. The molecule has 1 rings (SSSR count). The lowest BCUT2D eigenvalue weighted by atomic mass is 10.1. The van der Waals surface area contributed by atoms with Crippen molar-refractivity contribution in [1.82, 2.24) is 0 Å². The molecule has 0 atom stereocenters. The Hall–Kier alpha value is -2.24. The standard InChI is InChI=1S/C13H17NO5/c1-13(2,3)19-12(17)14-10-6-9(18-4)5-8(7-15)11(10)16/h5-7,16H,1-4H3,(H,14,17). The Bertz CT molecular complexity index is 491. The molecule has 0 saturated carbocycles. The average molecular weight is 267 g/mol. The van der Waals surface area contributed by atoms with Crippen molar-refractivity contribution in [3.05, 3.63) is 17.7 Å². The van der Waals surface area contributed by atoms with Gasteiger partial charge in [-0.3, -0.25) is 10.1 Å². The highest BCUT2D eigenvalue weighted by Crippen LogP contribution is 2.32. The molecule has 0 heterocycles. The van der Waals surface area contributed by atoms with E-state index in [9.17, 15) is 14.7 Å². The van der Waals surface area contributed by atoms with Crippen LogP contribution in [0.4, 0.5) is 10.5 Å². The van der Waals surface area contributed by atoms with Crippen molar-refractivity contribution >= 4 is 18.1 Å². The van der Waals surface area contributed by atoms with Gasteiger partial charge < -0.3 is 14.6 Å². The number of methoxy groups -OCH3 is 1. The lowest BCUT2D eigenvalue weighted by Crippen LogP contribution is -2.27. The number of aromatic hydroxyl groups is 1. The first kappa shape index (κ1) is 14.8. The van der Waals surface area contributed by atoms with Crippen molar-refractivity contribution < 1.29 is 24.2 Å². The molecule has 2 N–H and O–H groups in total. The van der Waals surface area contributed by atoms with E-state index in [0.29, 0.717) is 12.0 Å². The highest BCUT2D eigenvalue weighted by molar-refractivity contribution is 5.92. The minimum Gasteiger partial charge on any atom is -0.505 e. The van der Waals surface area contributed by atoms with E-state index in [0.717, 1.165) is 0 Å². The summed E-state index contributed by atoms with van der Waals surface area (Å²) in [7, 11) is 1.41. The second kappa shape index (κ2) is 5.60. The molecule has 1 aromatic rings. The van der Waals surface area contributed by atoms with Crippen LogP contribution in [0.2, 0.25) is 0 Å². The van der Waals surface area contributed by atoms with E-state index in [-0.39, 0.29) is 17.0 Å². The monoisotopic (exact) mass is 267 g/mol. The summed E-state index contributed by atoms with van der Waals surface area (Å²) in [4.78, 5) is 22.4. The molecular formula is C13H17NO5.